The van der Waals surface area contributed by atoms with Crippen LogP contribution >= 0.6 is 0 Å². The Balaban J connectivity index is 1.52. The lowest BCUT2D eigenvalue weighted by Gasteiger charge is -2.35. The molecule has 0 radical (unpaired) electrons. The van der Waals surface area contributed by atoms with E-state index < -0.39 is 11.2 Å². The fourth-order valence-corrected chi connectivity index (χ4v) is 3.97. The minimum Gasteiger partial charge on any atom is -0.379 e. The summed E-state index contributed by atoms with van der Waals surface area (Å²) in [6, 6.07) is 6.10. The standard InChI is InChI=1S/C21H25FN6O4/c1-25-19-18(20(30)26(2)21(25)31)28(13-24-19)12-17(29)23-11-16(27-7-9-32-10-8-27)14-3-5-15(22)6-4-14/h3-6,13,16H,7-12H2,1-2H3,(H,23,29)/t16-/m0/s1. The molecule has 10 nitrogen and oxygen atoms in total. The molecular weight excluding hydrogens is 419 g/mol. The van der Waals surface area contributed by atoms with Gasteiger partial charge < -0.3 is 14.6 Å². The van der Waals surface area contributed by atoms with Crippen molar-refractivity contribution in [1.82, 2.24) is 28.9 Å². The molecule has 1 atom stereocenters. The predicted octanol–water partition coefficient (Wildman–Crippen LogP) is -0.237. The Hall–Kier alpha value is -3.31. The van der Waals surface area contributed by atoms with Crippen molar-refractivity contribution in [3.8, 4) is 0 Å². The zero-order valence-electron chi connectivity index (χ0n) is 18.0. The number of halogens is 1. The van der Waals surface area contributed by atoms with Crippen molar-refractivity contribution in [3.63, 3.8) is 0 Å². The minimum atomic E-state index is -0.508. The van der Waals surface area contributed by atoms with E-state index in [1.54, 1.807) is 12.1 Å². The summed E-state index contributed by atoms with van der Waals surface area (Å²) >= 11 is 0. The lowest BCUT2D eigenvalue weighted by molar-refractivity contribution is -0.122. The number of aromatic nitrogens is 4. The molecule has 0 bridgehead atoms. The second kappa shape index (κ2) is 9.05. The summed E-state index contributed by atoms with van der Waals surface area (Å²) in [7, 11) is 2.91. The number of imidazole rings is 1. The number of amides is 1. The smallest absolute Gasteiger partial charge is 0.332 e. The third-order valence-corrected chi connectivity index (χ3v) is 5.76. The van der Waals surface area contributed by atoms with Gasteiger partial charge in [-0.3, -0.25) is 23.6 Å². The number of morpholine rings is 1. The summed E-state index contributed by atoms with van der Waals surface area (Å²) in [5, 5.41) is 2.92. The highest BCUT2D eigenvalue weighted by molar-refractivity contribution is 5.78. The van der Waals surface area contributed by atoms with Gasteiger partial charge in [-0.05, 0) is 17.7 Å². The number of nitrogens with zero attached hydrogens (tertiary/aromatic N) is 5. The van der Waals surface area contributed by atoms with Crippen LogP contribution in [0.3, 0.4) is 0 Å². The number of carbonyl (C=O) groups is 1. The van der Waals surface area contributed by atoms with Crippen LogP contribution in [0.1, 0.15) is 11.6 Å². The molecule has 0 unspecified atom stereocenters. The number of nitrogens with one attached hydrogen (secondary N) is 1. The fraction of sp³-hybridized carbons (Fsp3) is 0.429. The maximum atomic E-state index is 13.4. The summed E-state index contributed by atoms with van der Waals surface area (Å²) in [4.78, 5) is 43.7. The van der Waals surface area contributed by atoms with Crippen LogP contribution in [0.15, 0.2) is 40.2 Å². The molecule has 1 fully saturated rings. The molecule has 1 aliphatic heterocycles. The molecule has 0 spiro atoms. The molecule has 0 aliphatic carbocycles. The number of hydrogen-bond donors (Lipinski definition) is 1. The van der Waals surface area contributed by atoms with Crippen molar-refractivity contribution in [3.05, 3.63) is 62.8 Å². The summed E-state index contributed by atoms with van der Waals surface area (Å²) in [6.45, 7) is 2.78. The Morgan fingerprint density at radius 1 is 1.16 bits per heavy atom. The molecule has 0 saturated carbocycles. The van der Waals surface area contributed by atoms with Gasteiger partial charge >= 0.3 is 5.69 Å². The highest BCUT2D eigenvalue weighted by atomic mass is 19.1. The molecule has 3 aromatic rings. The van der Waals surface area contributed by atoms with Crippen LogP contribution in [0.5, 0.6) is 0 Å². The Morgan fingerprint density at radius 3 is 2.53 bits per heavy atom. The number of benzene rings is 1. The maximum absolute atomic E-state index is 13.4. The van der Waals surface area contributed by atoms with Crippen LogP contribution in [-0.2, 0) is 30.2 Å². The van der Waals surface area contributed by atoms with Crippen LogP contribution in [0.2, 0.25) is 0 Å². The molecule has 32 heavy (non-hydrogen) atoms. The van der Waals surface area contributed by atoms with Crippen molar-refractivity contribution in [1.29, 1.82) is 0 Å². The topological polar surface area (TPSA) is 103 Å². The van der Waals surface area contributed by atoms with Gasteiger partial charge in [-0.2, -0.15) is 0 Å². The van der Waals surface area contributed by atoms with Crippen LogP contribution in [0.4, 0.5) is 4.39 Å². The van der Waals surface area contributed by atoms with E-state index in [1.807, 2.05) is 0 Å². The van der Waals surface area contributed by atoms with Crippen LogP contribution in [0, 0.1) is 5.82 Å². The molecule has 1 saturated heterocycles. The van der Waals surface area contributed by atoms with Crippen molar-refractivity contribution in [2.75, 3.05) is 32.8 Å². The van der Waals surface area contributed by atoms with Gasteiger partial charge in [-0.15, -0.1) is 0 Å². The largest absolute Gasteiger partial charge is 0.379 e. The monoisotopic (exact) mass is 444 g/mol. The molecule has 1 amide bonds. The lowest BCUT2D eigenvalue weighted by atomic mass is 10.0. The Bertz CT molecular complexity index is 1240. The van der Waals surface area contributed by atoms with E-state index in [-0.39, 0.29) is 35.5 Å². The van der Waals surface area contributed by atoms with E-state index in [2.05, 4.69) is 15.2 Å². The van der Waals surface area contributed by atoms with Gasteiger partial charge in [0.2, 0.25) is 5.91 Å². The summed E-state index contributed by atoms with van der Waals surface area (Å²) in [5.41, 5.74) is 0.317. The van der Waals surface area contributed by atoms with Crippen LogP contribution < -0.4 is 16.6 Å². The molecule has 1 aromatic carbocycles. The van der Waals surface area contributed by atoms with Crippen molar-refractivity contribution in [2.24, 2.45) is 14.1 Å². The molecule has 2 aromatic heterocycles. The van der Waals surface area contributed by atoms with Crippen LogP contribution in [-0.4, -0.2) is 62.3 Å². The van der Waals surface area contributed by atoms with E-state index >= 15 is 0 Å². The van der Waals surface area contributed by atoms with Gasteiger partial charge in [0.1, 0.15) is 12.4 Å². The van der Waals surface area contributed by atoms with E-state index in [0.29, 0.717) is 32.8 Å². The number of hydrogen-bond acceptors (Lipinski definition) is 6. The molecule has 4 rings (SSSR count). The highest BCUT2D eigenvalue weighted by Gasteiger charge is 2.24. The molecular formula is C21H25FN6O4. The normalized spacial score (nSPS) is 15.7. The maximum Gasteiger partial charge on any atom is 0.332 e. The Morgan fingerprint density at radius 2 is 1.84 bits per heavy atom. The average Bonchev–Trinajstić information content (AvgIpc) is 3.22. The number of aryl methyl sites for hydroxylation is 1. The van der Waals surface area contributed by atoms with E-state index in [1.165, 1.54) is 41.7 Å². The van der Waals surface area contributed by atoms with Crippen molar-refractivity contribution >= 4 is 17.1 Å². The van der Waals surface area contributed by atoms with Gasteiger partial charge in [0, 0.05) is 33.7 Å². The van der Waals surface area contributed by atoms with E-state index in [0.717, 1.165) is 10.1 Å². The van der Waals surface area contributed by atoms with Crippen molar-refractivity contribution in [2.45, 2.75) is 12.6 Å². The van der Waals surface area contributed by atoms with Gasteiger partial charge in [0.15, 0.2) is 11.2 Å². The first kappa shape index (κ1) is 21.9. The van der Waals surface area contributed by atoms with Gasteiger partial charge in [0.05, 0.1) is 25.6 Å². The lowest BCUT2D eigenvalue weighted by Crippen LogP contribution is -2.44. The number of carbonyl (C=O) groups excluding carboxylic acids is 1. The SMILES string of the molecule is Cn1c(=O)c2c(ncn2CC(=O)NC[C@@H](c2ccc(F)cc2)N2CCOCC2)n(C)c1=O. The first-order valence-electron chi connectivity index (χ1n) is 10.3. The van der Waals surface area contributed by atoms with Crippen molar-refractivity contribution < 1.29 is 13.9 Å². The first-order valence-corrected chi connectivity index (χ1v) is 10.3. The minimum absolute atomic E-state index is 0.122. The van der Waals surface area contributed by atoms with Gasteiger partial charge in [-0.25, -0.2) is 14.2 Å². The number of fused-ring (bicyclic) bond motifs is 1. The summed E-state index contributed by atoms with van der Waals surface area (Å²) in [6.07, 6.45) is 1.38. The summed E-state index contributed by atoms with van der Waals surface area (Å²) in [5.74, 6) is -0.623. The number of ether oxygens (including phenoxy) is 1. The Labute approximate surface area is 182 Å². The van der Waals surface area contributed by atoms with Crippen LogP contribution in [0.25, 0.3) is 11.2 Å². The highest BCUT2D eigenvalue weighted by Crippen LogP contribution is 2.21. The molecule has 170 valence electrons. The molecule has 3 heterocycles. The predicted molar refractivity (Wildman–Crippen MR) is 115 cm³/mol. The summed E-state index contributed by atoms with van der Waals surface area (Å²) < 4.78 is 22.5. The van der Waals surface area contributed by atoms with E-state index in [9.17, 15) is 18.8 Å². The van der Waals surface area contributed by atoms with Gasteiger partial charge in [0.25, 0.3) is 5.56 Å². The van der Waals surface area contributed by atoms with Gasteiger partial charge in [-0.1, -0.05) is 12.1 Å². The second-order valence-electron chi connectivity index (χ2n) is 7.77. The zero-order valence-corrected chi connectivity index (χ0v) is 18.0. The first-order chi connectivity index (χ1) is 15.4. The molecule has 1 aliphatic rings. The third kappa shape index (κ3) is 4.21. The zero-order chi connectivity index (χ0) is 22.8. The quantitative estimate of drug-likeness (QED) is 0.563. The molecule has 1 N–H and O–H groups in total. The van der Waals surface area contributed by atoms with E-state index in [4.69, 9.17) is 4.74 Å². The number of rotatable bonds is 6. The fourth-order valence-electron chi connectivity index (χ4n) is 3.97. The third-order valence-electron chi connectivity index (χ3n) is 5.76. The Kier molecular flexibility index (Phi) is 6.19. The average molecular weight is 444 g/mol. The molecule has 11 heteroatoms. The second-order valence-corrected chi connectivity index (χ2v) is 7.77.